The lowest BCUT2D eigenvalue weighted by atomic mass is 10.0. The minimum Gasteiger partial charge on any atom is -0.756 e. The third kappa shape index (κ3) is 73.6. The van der Waals surface area contributed by atoms with Crippen molar-refractivity contribution in [3.05, 3.63) is 60.8 Å². The predicted molar refractivity (Wildman–Crippen MR) is 394 cm³/mol. The summed E-state index contributed by atoms with van der Waals surface area (Å²) in [7, 11) is 1.32. The number of unbranched alkanes of at least 4 members (excludes halogenated alkanes) is 51. The van der Waals surface area contributed by atoms with E-state index in [0.29, 0.717) is 23.9 Å². The Labute approximate surface area is 562 Å². The number of aliphatic hydroxyl groups is 1. The van der Waals surface area contributed by atoms with Gasteiger partial charge in [-0.25, -0.2) is 0 Å². The number of hydrogen-bond acceptors (Lipinski definition) is 6. The average Bonchev–Trinajstić information content (AvgIpc) is 3.09. The van der Waals surface area contributed by atoms with Crippen LogP contribution in [0.1, 0.15) is 399 Å². The lowest BCUT2D eigenvalue weighted by Gasteiger charge is -2.30. The molecule has 0 radical (unpaired) electrons. The zero-order valence-electron chi connectivity index (χ0n) is 60.9. The SMILES string of the molecule is CC/C=C\C/C=C\C/C=C\C/C=C\C/C=C\CCCCCCCCCCCCCCCCCCCCCCCCCCCC(=O)NC(COP(=O)([O-])OCC[N+](C)(C)C)C(O)CCCCCCCCCCCCCCCCCCCCCCCCCCCCC. The van der Waals surface area contributed by atoms with Crippen LogP contribution < -0.4 is 10.2 Å². The van der Waals surface area contributed by atoms with E-state index in [9.17, 15) is 19.4 Å². The third-order valence-electron chi connectivity index (χ3n) is 18.3. The number of rotatable bonds is 74. The summed E-state index contributed by atoms with van der Waals surface area (Å²) in [6, 6.07) is -0.802. The lowest BCUT2D eigenvalue weighted by Crippen LogP contribution is -2.46. The van der Waals surface area contributed by atoms with Gasteiger partial charge >= 0.3 is 0 Å². The number of phosphoric ester groups is 1. The van der Waals surface area contributed by atoms with Gasteiger partial charge < -0.3 is 28.8 Å². The van der Waals surface area contributed by atoms with Gasteiger partial charge in [-0.1, -0.05) is 396 Å². The van der Waals surface area contributed by atoms with E-state index in [0.717, 1.165) is 70.6 Å². The molecule has 9 heteroatoms. The second-order valence-corrected chi connectivity index (χ2v) is 29.8. The van der Waals surface area contributed by atoms with Gasteiger partial charge in [0.15, 0.2) is 0 Å². The topological polar surface area (TPSA) is 108 Å². The lowest BCUT2D eigenvalue weighted by molar-refractivity contribution is -0.870. The van der Waals surface area contributed by atoms with E-state index in [-0.39, 0.29) is 19.1 Å². The largest absolute Gasteiger partial charge is 0.756 e. The third-order valence-corrected chi connectivity index (χ3v) is 19.2. The smallest absolute Gasteiger partial charge is 0.268 e. The first-order valence-corrected chi connectivity index (χ1v) is 41.1. The van der Waals surface area contributed by atoms with Crippen LogP contribution in [0.4, 0.5) is 0 Å². The van der Waals surface area contributed by atoms with Crippen LogP contribution in [-0.2, 0) is 18.4 Å². The molecule has 3 atom stereocenters. The minimum absolute atomic E-state index is 0.0143. The van der Waals surface area contributed by atoms with Crippen molar-refractivity contribution < 1.29 is 32.9 Å². The number of carbonyl (C=O) groups excluding carboxylic acids is 1. The minimum atomic E-state index is -4.58. The summed E-state index contributed by atoms with van der Waals surface area (Å²) < 4.78 is 23.6. The van der Waals surface area contributed by atoms with Gasteiger partial charge in [0.05, 0.1) is 39.9 Å². The van der Waals surface area contributed by atoms with Crippen molar-refractivity contribution in [2.45, 2.75) is 411 Å². The first kappa shape index (κ1) is 88.2. The van der Waals surface area contributed by atoms with Crippen LogP contribution in [0.15, 0.2) is 60.8 Å². The van der Waals surface area contributed by atoms with E-state index >= 15 is 0 Å². The van der Waals surface area contributed by atoms with Crippen molar-refractivity contribution in [2.24, 2.45) is 0 Å². The molecule has 8 nitrogen and oxygen atoms in total. The molecule has 0 fully saturated rings. The number of allylic oxidation sites excluding steroid dienone is 10. The fraction of sp³-hybridized carbons (Fsp3) is 0.864. The number of likely N-dealkylation sites (N-methyl/N-ethyl adjacent to an activating group) is 1. The second-order valence-electron chi connectivity index (χ2n) is 28.4. The normalized spacial score (nSPS) is 13.8. The van der Waals surface area contributed by atoms with E-state index in [1.807, 2.05) is 21.1 Å². The second kappa shape index (κ2) is 71.5. The van der Waals surface area contributed by atoms with Gasteiger partial charge in [-0.05, 0) is 57.8 Å². The molecule has 0 aromatic rings. The van der Waals surface area contributed by atoms with Crippen LogP contribution in [0, 0.1) is 0 Å². The molecule has 0 aliphatic heterocycles. The van der Waals surface area contributed by atoms with Gasteiger partial charge in [0.2, 0.25) is 5.91 Å². The zero-order chi connectivity index (χ0) is 65.5. The van der Waals surface area contributed by atoms with Gasteiger partial charge in [-0.2, -0.15) is 0 Å². The molecule has 0 aliphatic carbocycles. The molecule has 0 spiro atoms. The Hall–Kier alpha value is -1.80. The quantitative estimate of drug-likeness (QED) is 0.0272. The van der Waals surface area contributed by atoms with E-state index in [4.69, 9.17) is 9.05 Å². The highest BCUT2D eigenvalue weighted by Gasteiger charge is 2.24. The van der Waals surface area contributed by atoms with E-state index < -0.39 is 20.0 Å². The van der Waals surface area contributed by atoms with Gasteiger partial charge in [0, 0.05) is 6.42 Å². The molecule has 1 amide bonds. The summed E-state index contributed by atoms with van der Waals surface area (Å²) >= 11 is 0. The molecule has 3 unspecified atom stereocenters. The van der Waals surface area contributed by atoms with Crippen molar-refractivity contribution in [2.75, 3.05) is 40.9 Å². The Morgan fingerprint density at radius 2 is 0.678 bits per heavy atom. The van der Waals surface area contributed by atoms with E-state index in [1.165, 1.54) is 302 Å². The fourth-order valence-corrected chi connectivity index (χ4v) is 12.9. The van der Waals surface area contributed by atoms with Crippen molar-refractivity contribution in [3.63, 3.8) is 0 Å². The molecule has 0 heterocycles. The number of nitrogens with one attached hydrogen (secondary N) is 1. The van der Waals surface area contributed by atoms with Gasteiger partial charge in [0.25, 0.3) is 7.82 Å². The molecule has 0 aliphatic rings. The Balaban J connectivity index is 3.89. The van der Waals surface area contributed by atoms with Gasteiger partial charge in [-0.3, -0.25) is 9.36 Å². The maximum atomic E-state index is 13.1. The van der Waals surface area contributed by atoms with Crippen molar-refractivity contribution >= 4 is 13.7 Å². The average molecular weight is 1280 g/mol. The number of amides is 1. The van der Waals surface area contributed by atoms with Crippen molar-refractivity contribution in [3.8, 4) is 0 Å². The Morgan fingerprint density at radius 1 is 0.400 bits per heavy atom. The Kier molecular flexibility index (Phi) is 70.1. The van der Waals surface area contributed by atoms with Crippen LogP contribution in [0.25, 0.3) is 0 Å². The van der Waals surface area contributed by atoms with Crippen molar-refractivity contribution in [1.29, 1.82) is 0 Å². The number of phosphoric acid groups is 1. The summed E-state index contributed by atoms with van der Waals surface area (Å²) in [6.45, 7) is 4.67. The molecule has 0 rings (SSSR count). The Bertz CT molecular complexity index is 1650. The molecule has 2 N–H and O–H groups in total. The summed E-state index contributed by atoms with van der Waals surface area (Å²) in [5.74, 6) is -0.156. The van der Waals surface area contributed by atoms with Crippen LogP contribution in [0.3, 0.4) is 0 Å². The summed E-state index contributed by atoms with van der Waals surface area (Å²) in [4.78, 5) is 25.7. The Morgan fingerprint density at radius 3 is 0.989 bits per heavy atom. The highest BCUT2D eigenvalue weighted by Crippen LogP contribution is 2.38. The molecule has 0 aromatic carbocycles. The summed E-state index contributed by atoms with van der Waals surface area (Å²) in [6.07, 6.45) is 99.1. The van der Waals surface area contributed by atoms with Crippen LogP contribution in [0.2, 0.25) is 0 Å². The number of quaternary nitrogens is 1. The van der Waals surface area contributed by atoms with Gasteiger partial charge in [0.1, 0.15) is 13.2 Å². The molecule has 0 saturated carbocycles. The first-order valence-electron chi connectivity index (χ1n) is 39.6. The summed E-state index contributed by atoms with van der Waals surface area (Å²) in [5, 5.41) is 14.1. The first-order chi connectivity index (χ1) is 44.0. The fourth-order valence-electron chi connectivity index (χ4n) is 12.2. The van der Waals surface area contributed by atoms with Crippen LogP contribution in [-0.4, -0.2) is 68.5 Å². The molecule has 0 bridgehead atoms. The zero-order valence-corrected chi connectivity index (χ0v) is 61.8. The molecule has 90 heavy (non-hydrogen) atoms. The molecule has 0 aromatic heterocycles. The molecule has 530 valence electrons. The van der Waals surface area contributed by atoms with Gasteiger partial charge in [-0.15, -0.1) is 0 Å². The number of aliphatic hydroxyl groups excluding tert-OH is 1. The highest BCUT2D eigenvalue weighted by molar-refractivity contribution is 7.45. The maximum absolute atomic E-state index is 13.1. The number of carbonyl (C=O) groups is 1. The van der Waals surface area contributed by atoms with E-state index in [1.54, 1.807) is 0 Å². The van der Waals surface area contributed by atoms with Crippen molar-refractivity contribution in [1.82, 2.24) is 5.32 Å². The van der Waals surface area contributed by atoms with E-state index in [2.05, 4.69) is 79.9 Å². The van der Waals surface area contributed by atoms with Crippen LogP contribution in [0.5, 0.6) is 0 Å². The maximum Gasteiger partial charge on any atom is 0.268 e. The summed E-state index contributed by atoms with van der Waals surface area (Å²) in [5.41, 5.74) is 0. The molecular formula is C81H155N2O6P. The highest BCUT2D eigenvalue weighted by atomic mass is 31.2. The number of hydrogen-bond donors (Lipinski definition) is 2. The number of nitrogens with zero attached hydrogens (tertiary/aromatic N) is 1. The monoisotopic (exact) mass is 1280 g/mol. The molecular weight excluding hydrogens is 1130 g/mol. The molecule has 0 saturated heterocycles. The predicted octanol–water partition coefficient (Wildman–Crippen LogP) is 25.3. The standard InChI is InChI=1S/C81H155N2O6P/c1-6-8-10-12-14-16-18-20-22-24-26-28-30-32-34-35-36-37-38-39-40-41-42-43-44-45-46-47-49-51-53-55-57-59-61-63-65-67-69-71-73-75-81(85)82-79(78-89-90(86,87)88-77-76-83(3,4)5)80(84)74-72-70-68-66-64-62-60-58-56-54-52-50-48-33-31-29-27-25-23-21-19-17-15-13-11-9-7-2/h8,10,14,16,20,22,26,28,32,34,79-80,84H,6-7,9,11-13,15,17-19,21,23-25,27,29-31,33,35-78H2,1-5H3,(H-,82,85,86,87)/b10-8-,16-14-,22-20-,28-26-,34-32-. The van der Waals surface area contributed by atoms with Crippen LogP contribution >= 0.6 is 7.82 Å².